The van der Waals surface area contributed by atoms with Gasteiger partial charge in [0.2, 0.25) is 0 Å². The Bertz CT molecular complexity index is 3170. The van der Waals surface area contributed by atoms with Crippen LogP contribution in [0.2, 0.25) is 0 Å². The lowest BCUT2D eigenvalue weighted by Crippen LogP contribution is -2.57. The molecule has 254 valence electrons. The van der Waals surface area contributed by atoms with Crippen molar-refractivity contribution in [3.8, 4) is 56.4 Å². The average Bonchev–Trinajstić information content (AvgIpc) is 3.25. The van der Waals surface area contributed by atoms with Crippen LogP contribution < -0.4 is 25.9 Å². The van der Waals surface area contributed by atoms with Crippen LogP contribution in [0.1, 0.15) is 0 Å². The zero-order valence-electron chi connectivity index (χ0n) is 29.8. The first kappa shape index (κ1) is 30.4. The summed E-state index contributed by atoms with van der Waals surface area (Å²) in [5, 5.41) is 9.94. The second-order valence-electron chi connectivity index (χ2n) is 14.6. The topological polar surface area (TPSA) is 18.5 Å². The number of rotatable bonds is 3. The SMILES string of the molecule is c1ccc2c(c1)Oc1ccc(-c3ccccc3-c3c4ccccc4c(-c4cc5ccccc5c5ccccc45)c4ccccc34)c3c1B2c1ccccc1O3. The first-order chi connectivity index (χ1) is 27.3. The first-order valence-electron chi connectivity index (χ1n) is 19.0. The van der Waals surface area contributed by atoms with Gasteiger partial charge in [0.25, 0.3) is 6.71 Å². The van der Waals surface area contributed by atoms with Gasteiger partial charge in [-0.25, -0.2) is 0 Å². The maximum Gasteiger partial charge on any atom is 0.260 e. The van der Waals surface area contributed by atoms with E-state index >= 15 is 0 Å². The maximum absolute atomic E-state index is 6.96. The molecule has 0 saturated carbocycles. The molecule has 0 atom stereocenters. The molecule has 12 rings (SSSR count). The van der Waals surface area contributed by atoms with E-state index in [1.54, 1.807) is 0 Å². The largest absolute Gasteiger partial charge is 0.458 e. The van der Waals surface area contributed by atoms with Gasteiger partial charge in [0.15, 0.2) is 0 Å². The summed E-state index contributed by atoms with van der Waals surface area (Å²) in [6.45, 7) is 0.00438. The van der Waals surface area contributed by atoms with Crippen LogP contribution in [-0.4, -0.2) is 6.71 Å². The Morgan fingerprint density at radius 3 is 1.47 bits per heavy atom. The molecule has 0 amide bonds. The second-order valence-corrected chi connectivity index (χ2v) is 14.6. The van der Waals surface area contributed by atoms with E-state index in [2.05, 4.69) is 182 Å². The van der Waals surface area contributed by atoms with Gasteiger partial charge in [-0.1, -0.05) is 158 Å². The second kappa shape index (κ2) is 11.7. The Kier molecular flexibility index (Phi) is 6.46. The van der Waals surface area contributed by atoms with Crippen molar-refractivity contribution >= 4 is 66.2 Å². The van der Waals surface area contributed by atoms with E-state index in [-0.39, 0.29) is 6.71 Å². The third kappa shape index (κ3) is 4.38. The molecule has 2 heterocycles. The molecular weight excluding hydrogens is 667 g/mol. The van der Waals surface area contributed by atoms with Crippen LogP contribution in [0, 0.1) is 0 Å². The summed E-state index contributed by atoms with van der Waals surface area (Å²) in [5.74, 6) is 3.48. The molecule has 0 unspecified atom stereocenters. The van der Waals surface area contributed by atoms with Gasteiger partial charge in [-0.05, 0) is 112 Å². The van der Waals surface area contributed by atoms with Crippen LogP contribution in [0.4, 0.5) is 0 Å². The molecule has 2 aliphatic heterocycles. The van der Waals surface area contributed by atoms with Gasteiger partial charge in [0, 0.05) is 11.0 Å². The lowest BCUT2D eigenvalue weighted by atomic mass is 9.34. The van der Waals surface area contributed by atoms with Crippen molar-refractivity contribution in [2.45, 2.75) is 0 Å². The van der Waals surface area contributed by atoms with Crippen LogP contribution in [0.3, 0.4) is 0 Å². The van der Waals surface area contributed by atoms with Gasteiger partial charge < -0.3 is 9.47 Å². The Hall–Kier alpha value is -7.10. The third-order valence-corrected chi connectivity index (χ3v) is 11.8. The highest BCUT2D eigenvalue weighted by atomic mass is 16.5. The lowest BCUT2D eigenvalue weighted by molar-refractivity contribution is 0.465. The zero-order valence-corrected chi connectivity index (χ0v) is 29.8. The van der Waals surface area contributed by atoms with Crippen molar-refractivity contribution in [2.24, 2.45) is 0 Å². The first-order valence-corrected chi connectivity index (χ1v) is 19.0. The van der Waals surface area contributed by atoms with E-state index in [0.29, 0.717) is 0 Å². The fraction of sp³-hybridized carbons (Fsp3) is 0. The summed E-state index contributed by atoms with van der Waals surface area (Å²) in [4.78, 5) is 0. The standard InChI is InChI=1S/C52H31BO2/c1-2-16-33-32(15-1)31-43(35-18-4-3-17-34(33)35)50-40-23-9-7-21-38(40)49(39-22-8-10-24-41(39)50)37-20-6-5-19-36(37)42-29-30-48-51-52(42)55-47-28-14-12-26-45(47)53(51)44-25-11-13-27-46(44)54-48/h1-31H. The molecule has 10 aromatic carbocycles. The van der Waals surface area contributed by atoms with Gasteiger partial charge >= 0.3 is 0 Å². The predicted octanol–water partition coefficient (Wildman–Crippen LogP) is 12.0. The third-order valence-electron chi connectivity index (χ3n) is 11.8. The maximum atomic E-state index is 6.96. The van der Waals surface area contributed by atoms with Crippen molar-refractivity contribution in [3.63, 3.8) is 0 Å². The number of hydrogen-bond donors (Lipinski definition) is 0. The van der Waals surface area contributed by atoms with E-state index in [0.717, 1.165) is 56.1 Å². The van der Waals surface area contributed by atoms with Gasteiger partial charge in [-0.2, -0.15) is 0 Å². The summed E-state index contributed by atoms with van der Waals surface area (Å²) < 4.78 is 13.6. The fourth-order valence-electron chi connectivity index (χ4n) is 9.50. The van der Waals surface area contributed by atoms with E-state index in [4.69, 9.17) is 9.47 Å². The molecule has 0 aliphatic carbocycles. The summed E-state index contributed by atoms with van der Waals surface area (Å²) in [7, 11) is 0. The smallest absolute Gasteiger partial charge is 0.260 e. The lowest BCUT2D eigenvalue weighted by Gasteiger charge is -2.34. The summed E-state index contributed by atoms with van der Waals surface area (Å²) in [6.07, 6.45) is 0. The molecule has 2 nitrogen and oxygen atoms in total. The van der Waals surface area contributed by atoms with Crippen LogP contribution in [0.15, 0.2) is 188 Å². The predicted molar refractivity (Wildman–Crippen MR) is 230 cm³/mol. The van der Waals surface area contributed by atoms with Crippen LogP contribution in [0.25, 0.3) is 76.5 Å². The molecule has 10 aromatic rings. The van der Waals surface area contributed by atoms with E-state index in [9.17, 15) is 0 Å². The average molecular weight is 699 g/mol. The normalized spacial score (nSPS) is 12.6. The minimum Gasteiger partial charge on any atom is -0.458 e. The fourth-order valence-corrected chi connectivity index (χ4v) is 9.50. The number of hydrogen-bond acceptors (Lipinski definition) is 2. The van der Waals surface area contributed by atoms with Crippen molar-refractivity contribution in [1.29, 1.82) is 0 Å². The van der Waals surface area contributed by atoms with Crippen LogP contribution in [-0.2, 0) is 0 Å². The number of fused-ring (bicyclic) bond motifs is 9. The minimum atomic E-state index is 0.00438. The quantitative estimate of drug-likeness (QED) is 0.104. The highest BCUT2D eigenvalue weighted by Gasteiger charge is 2.41. The zero-order chi connectivity index (χ0) is 36.0. The van der Waals surface area contributed by atoms with Gasteiger partial charge in [-0.15, -0.1) is 0 Å². The molecular formula is C52H31BO2. The molecule has 0 spiro atoms. The Labute approximate surface area is 318 Å². The highest BCUT2D eigenvalue weighted by Crippen LogP contribution is 2.50. The van der Waals surface area contributed by atoms with Crippen LogP contribution in [0.5, 0.6) is 23.0 Å². The van der Waals surface area contributed by atoms with Crippen LogP contribution >= 0.6 is 0 Å². The molecule has 0 N–H and O–H groups in total. The number of ether oxygens (including phenoxy) is 2. The molecule has 0 aromatic heterocycles. The molecule has 0 fully saturated rings. The highest BCUT2D eigenvalue weighted by molar-refractivity contribution is 6.98. The molecule has 0 saturated heterocycles. The number of para-hydroxylation sites is 2. The minimum absolute atomic E-state index is 0.00438. The van der Waals surface area contributed by atoms with Crippen molar-refractivity contribution < 1.29 is 9.47 Å². The Morgan fingerprint density at radius 1 is 0.309 bits per heavy atom. The van der Waals surface area contributed by atoms with Gasteiger partial charge in [0.1, 0.15) is 23.0 Å². The van der Waals surface area contributed by atoms with E-state index in [1.165, 1.54) is 59.8 Å². The summed E-state index contributed by atoms with van der Waals surface area (Å²) in [5.41, 5.74) is 10.5. The van der Waals surface area contributed by atoms with Gasteiger partial charge in [0.05, 0.1) is 0 Å². The van der Waals surface area contributed by atoms with Crippen molar-refractivity contribution in [3.05, 3.63) is 188 Å². The molecule has 0 radical (unpaired) electrons. The molecule has 2 aliphatic rings. The molecule has 3 heteroatoms. The Balaban J connectivity index is 1.15. The number of benzene rings is 10. The molecule has 0 bridgehead atoms. The van der Waals surface area contributed by atoms with Crippen molar-refractivity contribution in [2.75, 3.05) is 0 Å². The Morgan fingerprint density at radius 2 is 0.800 bits per heavy atom. The monoisotopic (exact) mass is 698 g/mol. The summed E-state index contributed by atoms with van der Waals surface area (Å²) in [6, 6.07) is 67.9. The van der Waals surface area contributed by atoms with Crippen molar-refractivity contribution in [1.82, 2.24) is 0 Å². The van der Waals surface area contributed by atoms with Gasteiger partial charge in [-0.3, -0.25) is 0 Å². The molecule has 55 heavy (non-hydrogen) atoms. The van der Waals surface area contributed by atoms with E-state index < -0.39 is 0 Å². The van der Waals surface area contributed by atoms with E-state index in [1.807, 2.05) is 6.07 Å². The summed E-state index contributed by atoms with van der Waals surface area (Å²) >= 11 is 0.